The first-order valence-electron chi connectivity index (χ1n) is 7.85. The van der Waals surface area contributed by atoms with Gasteiger partial charge in [-0.3, -0.25) is 9.89 Å². The molecule has 6 heteroatoms. The Labute approximate surface area is 134 Å². The number of rotatable bonds is 5. The molecule has 1 saturated heterocycles. The summed E-state index contributed by atoms with van der Waals surface area (Å²) in [5.41, 5.74) is 1.10. The average molecular weight is 317 g/mol. The van der Waals surface area contributed by atoms with E-state index in [2.05, 4.69) is 10.2 Å². The molecular formula is C17H20FN3O2. The van der Waals surface area contributed by atoms with Crippen LogP contribution >= 0.6 is 0 Å². The van der Waals surface area contributed by atoms with E-state index in [0.717, 1.165) is 38.0 Å². The number of aromatic nitrogens is 2. The molecule has 1 atom stereocenters. The van der Waals surface area contributed by atoms with Crippen LogP contribution in [0.4, 0.5) is 4.39 Å². The van der Waals surface area contributed by atoms with Crippen LogP contribution in [0.1, 0.15) is 18.5 Å². The van der Waals surface area contributed by atoms with Crippen molar-refractivity contribution >= 4 is 5.91 Å². The van der Waals surface area contributed by atoms with Gasteiger partial charge in [0.25, 0.3) is 5.91 Å². The number of benzene rings is 1. The Bertz CT molecular complexity index is 645. The third-order valence-corrected chi connectivity index (χ3v) is 4.10. The van der Waals surface area contributed by atoms with E-state index in [9.17, 15) is 9.18 Å². The van der Waals surface area contributed by atoms with Crippen molar-refractivity contribution in [2.45, 2.75) is 19.3 Å². The van der Waals surface area contributed by atoms with Gasteiger partial charge in [0.2, 0.25) is 0 Å². The number of halogens is 1. The maximum Gasteiger partial charge on any atom is 0.260 e. The fourth-order valence-electron chi connectivity index (χ4n) is 2.96. The van der Waals surface area contributed by atoms with Crippen LogP contribution in [0.5, 0.6) is 5.75 Å². The lowest BCUT2D eigenvalue weighted by atomic mass is 9.93. The Morgan fingerprint density at radius 3 is 3.13 bits per heavy atom. The minimum Gasteiger partial charge on any atom is -0.484 e. The molecule has 23 heavy (non-hydrogen) atoms. The summed E-state index contributed by atoms with van der Waals surface area (Å²) in [6, 6.07) is 7.81. The minimum absolute atomic E-state index is 0.0522. The predicted molar refractivity (Wildman–Crippen MR) is 83.5 cm³/mol. The molecule has 0 bridgehead atoms. The van der Waals surface area contributed by atoms with E-state index in [-0.39, 0.29) is 18.3 Å². The number of piperidine rings is 1. The molecule has 1 fully saturated rings. The average Bonchev–Trinajstić information content (AvgIpc) is 3.06. The van der Waals surface area contributed by atoms with Crippen LogP contribution in [0.3, 0.4) is 0 Å². The summed E-state index contributed by atoms with van der Waals surface area (Å²) in [6.07, 6.45) is 4.74. The normalized spacial score (nSPS) is 18.0. The zero-order valence-electron chi connectivity index (χ0n) is 12.9. The van der Waals surface area contributed by atoms with Gasteiger partial charge in [-0.2, -0.15) is 5.10 Å². The zero-order chi connectivity index (χ0) is 16.1. The Morgan fingerprint density at radius 1 is 1.43 bits per heavy atom. The highest BCUT2D eigenvalue weighted by atomic mass is 19.1. The van der Waals surface area contributed by atoms with E-state index in [4.69, 9.17) is 4.74 Å². The first kappa shape index (κ1) is 15.5. The number of H-pyrrole nitrogens is 1. The lowest BCUT2D eigenvalue weighted by Gasteiger charge is -2.32. The highest BCUT2D eigenvalue weighted by Crippen LogP contribution is 2.20. The monoisotopic (exact) mass is 317 g/mol. The second-order valence-electron chi connectivity index (χ2n) is 5.88. The second kappa shape index (κ2) is 7.26. The molecule has 5 nitrogen and oxygen atoms in total. The molecule has 0 radical (unpaired) electrons. The van der Waals surface area contributed by atoms with Crippen molar-refractivity contribution in [1.82, 2.24) is 15.1 Å². The largest absolute Gasteiger partial charge is 0.484 e. The molecule has 1 unspecified atom stereocenters. The smallest absolute Gasteiger partial charge is 0.260 e. The summed E-state index contributed by atoms with van der Waals surface area (Å²) in [4.78, 5) is 14.1. The molecule has 0 saturated carbocycles. The van der Waals surface area contributed by atoms with E-state index in [0.29, 0.717) is 11.7 Å². The lowest BCUT2D eigenvalue weighted by Crippen LogP contribution is -2.42. The zero-order valence-corrected chi connectivity index (χ0v) is 12.9. The summed E-state index contributed by atoms with van der Waals surface area (Å²) in [6.45, 7) is 1.43. The van der Waals surface area contributed by atoms with Gasteiger partial charge in [-0.1, -0.05) is 6.07 Å². The maximum atomic E-state index is 13.1. The summed E-state index contributed by atoms with van der Waals surface area (Å²) in [7, 11) is 0. The third kappa shape index (κ3) is 4.31. The minimum atomic E-state index is -0.368. The van der Waals surface area contributed by atoms with Crippen LogP contribution in [-0.2, 0) is 11.2 Å². The number of aromatic amines is 1. The molecule has 0 aliphatic carbocycles. The van der Waals surface area contributed by atoms with Gasteiger partial charge < -0.3 is 9.64 Å². The molecule has 0 spiro atoms. The number of nitrogens with zero attached hydrogens (tertiary/aromatic N) is 2. The lowest BCUT2D eigenvalue weighted by molar-refractivity contribution is -0.135. The molecule has 2 aromatic rings. The molecule has 3 rings (SSSR count). The maximum absolute atomic E-state index is 13.1. The Hall–Kier alpha value is -2.37. The van der Waals surface area contributed by atoms with Gasteiger partial charge in [0, 0.05) is 31.0 Å². The van der Waals surface area contributed by atoms with E-state index in [1.54, 1.807) is 18.3 Å². The van der Waals surface area contributed by atoms with Gasteiger partial charge in [0.1, 0.15) is 11.6 Å². The molecule has 2 heterocycles. The number of carbonyl (C=O) groups is 1. The van der Waals surface area contributed by atoms with Gasteiger partial charge in [-0.25, -0.2) is 4.39 Å². The van der Waals surface area contributed by atoms with Crippen molar-refractivity contribution in [3.05, 3.63) is 48.0 Å². The Balaban J connectivity index is 1.50. The SMILES string of the molecule is O=C(COc1cccc(F)c1)N1CCCC(Cc2ccn[nH]2)C1. The molecule has 1 aliphatic rings. The number of nitrogens with one attached hydrogen (secondary N) is 1. The van der Waals surface area contributed by atoms with Crippen LogP contribution in [0.2, 0.25) is 0 Å². The number of likely N-dealkylation sites (tertiary alicyclic amines) is 1. The molecule has 1 aromatic carbocycles. The predicted octanol–water partition coefficient (Wildman–Crippen LogP) is 2.41. The van der Waals surface area contributed by atoms with Crippen molar-refractivity contribution in [3.63, 3.8) is 0 Å². The number of hydrogen-bond donors (Lipinski definition) is 1. The van der Waals surface area contributed by atoms with Crippen molar-refractivity contribution < 1.29 is 13.9 Å². The topological polar surface area (TPSA) is 58.2 Å². The van der Waals surface area contributed by atoms with Crippen molar-refractivity contribution in [1.29, 1.82) is 0 Å². The van der Waals surface area contributed by atoms with Crippen LogP contribution in [0, 0.1) is 11.7 Å². The highest BCUT2D eigenvalue weighted by molar-refractivity contribution is 5.77. The molecule has 1 aromatic heterocycles. The van der Waals surface area contributed by atoms with Crippen molar-refractivity contribution in [2.24, 2.45) is 5.92 Å². The molecule has 122 valence electrons. The van der Waals surface area contributed by atoms with E-state index < -0.39 is 0 Å². The van der Waals surface area contributed by atoms with Gasteiger partial charge in [-0.05, 0) is 43.4 Å². The van der Waals surface area contributed by atoms with Crippen LogP contribution in [0.15, 0.2) is 36.5 Å². The highest BCUT2D eigenvalue weighted by Gasteiger charge is 2.24. The van der Waals surface area contributed by atoms with Crippen LogP contribution in [-0.4, -0.2) is 40.7 Å². The van der Waals surface area contributed by atoms with Crippen molar-refractivity contribution in [3.8, 4) is 5.75 Å². The third-order valence-electron chi connectivity index (χ3n) is 4.10. The first-order valence-corrected chi connectivity index (χ1v) is 7.85. The molecule has 1 N–H and O–H groups in total. The number of carbonyl (C=O) groups excluding carboxylic acids is 1. The van der Waals surface area contributed by atoms with E-state index in [1.807, 2.05) is 11.0 Å². The van der Waals surface area contributed by atoms with Gasteiger partial charge in [-0.15, -0.1) is 0 Å². The standard InChI is InChI=1S/C17H20FN3O2/c18-14-4-1-5-16(10-14)23-12-17(22)21-8-2-3-13(11-21)9-15-6-7-19-20-15/h1,4-7,10,13H,2-3,8-9,11-12H2,(H,19,20). The summed E-state index contributed by atoms with van der Waals surface area (Å²) >= 11 is 0. The fraction of sp³-hybridized carbons (Fsp3) is 0.412. The quantitative estimate of drug-likeness (QED) is 0.921. The van der Waals surface area contributed by atoms with Gasteiger partial charge >= 0.3 is 0 Å². The molecule has 1 aliphatic heterocycles. The van der Waals surface area contributed by atoms with Crippen LogP contribution in [0.25, 0.3) is 0 Å². The second-order valence-corrected chi connectivity index (χ2v) is 5.88. The number of hydrogen-bond acceptors (Lipinski definition) is 3. The Kier molecular flexibility index (Phi) is 4.90. The molecule has 1 amide bonds. The summed E-state index contributed by atoms with van der Waals surface area (Å²) in [5, 5.41) is 6.92. The Morgan fingerprint density at radius 2 is 2.35 bits per heavy atom. The summed E-state index contributed by atoms with van der Waals surface area (Å²) < 4.78 is 18.5. The number of amides is 1. The van der Waals surface area contributed by atoms with Crippen molar-refractivity contribution in [2.75, 3.05) is 19.7 Å². The number of ether oxygens (including phenoxy) is 1. The first-order chi connectivity index (χ1) is 11.2. The van der Waals surface area contributed by atoms with Crippen LogP contribution < -0.4 is 4.74 Å². The fourth-order valence-corrected chi connectivity index (χ4v) is 2.96. The summed E-state index contributed by atoms with van der Waals surface area (Å²) in [5.74, 6) is 0.391. The molecular weight excluding hydrogens is 297 g/mol. The van der Waals surface area contributed by atoms with E-state index in [1.165, 1.54) is 12.1 Å². The van der Waals surface area contributed by atoms with E-state index >= 15 is 0 Å². The van der Waals surface area contributed by atoms with Gasteiger partial charge in [0.05, 0.1) is 0 Å². The van der Waals surface area contributed by atoms with Gasteiger partial charge in [0.15, 0.2) is 6.61 Å².